The van der Waals surface area contributed by atoms with E-state index in [0.29, 0.717) is 0 Å². The van der Waals surface area contributed by atoms with E-state index in [2.05, 4.69) is 89.8 Å². The first-order valence-electron chi connectivity index (χ1n) is 9.76. The van der Waals surface area contributed by atoms with Crippen molar-refractivity contribution in [1.82, 2.24) is 4.90 Å². The van der Waals surface area contributed by atoms with E-state index in [1.807, 2.05) is 0 Å². The van der Waals surface area contributed by atoms with Crippen molar-refractivity contribution in [2.75, 3.05) is 20.2 Å². The maximum atomic E-state index is 5.28. The maximum absolute atomic E-state index is 5.28. The van der Waals surface area contributed by atoms with Crippen LogP contribution in [0.4, 0.5) is 0 Å². The fourth-order valence-electron chi connectivity index (χ4n) is 4.34. The quantitative estimate of drug-likeness (QED) is 0.631. The van der Waals surface area contributed by atoms with E-state index in [-0.39, 0.29) is 0 Å². The van der Waals surface area contributed by atoms with Crippen molar-refractivity contribution in [1.29, 1.82) is 0 Å². The predicted octanol–water partition coefficient (Wildman–Crippen LogP) is 3.77. The van der Waals surface area contributed by atoms with Gasteiger partial charge < -0.3 is 4.74 Å². The summed E-state index contributed by atoms with van der Waals surface area (Å²) in [4.78, 5) is 2.61. The van der Waals surface area contributed by atoms with Crippen molar-refractivity contribution < 1.29 is 4.74 Å². The molecular formula is C24H27NOSi. The summed E-state index contributed by atoms with van der Waals surface area (Å²) < 4.78 is 5.28. The molecule has 1 aliphatic heterocycles. The highest BCUT2D eigenvalue weighted by atomic mass is 28.3. The maximum Gasteiger partial charge on any atom is 0.120 e. The van der Waals surface area contributed by atoms with Crippen molar-refractivity contribution in [2.45, 2.75) is 18.6 Å². The molecule has 0 unspecified atom stereocenters. The van der Waals surface area contributed by atoms with Gasteiger partial charge in [-0.1, -0.05) is 83.2 Å². The fourth-order valence-corrected chi connectivity index (χ4v) is 9.14. The van der Waals surface area contributed by atoms with Crippen LogP contribution >= 0.6 is 0 Å². The molecule has 2 nitrogen and oxygen atoms in total. The van der Waals surface area contributed by atoms with Gasteiger partial charge in [0.1, 0.15) is 13.8 Å². The van der Waals surface area contributed by atoms with Crippen LogP contribution in [0.5, 0.6) is 5.75 Å². The van der Waals surface area contributed by atoms with E-state index in [9.17, 15) is 0 Å². The molecule has 0 amide bonds. The van der Waals surface area contributed by atoms with Crippen molar-refractivity contribution in [3.05, 3.63) is 90.5 Å². The van der Waals surface area contributed by atoms with Gasteiger partial charge >= 0.3 is 0 Å². The average Bonchev–Trinajstić information content (AvgIpc) is 2.76. The number of hydrogen-bond donors (Lipinski definition) is 0. The smallest absolute Gasteiger partial charge is 0.120 e. The summed E-state index contributed by atoms with van der Waals surface area (Å²) in [6, 6.07) is 33.6. The van der Waals surface area contributed by atoms with Crippen molar-refractivity contribution in [2.24, 2.45) is 0 Å². The van der Waals surface area contributed by atoms with Crippen LogP contribution in [0.25, 0.3) is 0 Å². The molecule has 3 heteroatoms. The number of benzene rings is 3. The van der Waals surface area contributed by atoms with Crippen molar-refractivity contribution in [3.63, 3.8) is 0 Å². The highest BCUT2D eigenvalue weighted by molar-refractivity contribution is 7.02. The third-order valence-electron chi connectivity index (χ3n) is 5.93. The van der Waals surface area contributed by atoms with E-state index < -0.39 is 8.07 Å². The fraction of sp³-hybridized carbons (Fsp3) is 0.250. The normalized spacial score (nSPS) is 16.8. The molecule has 0 saturated carbocycles. The monoisotopic (exact) mass is 373 g/mol. The van der Waals surface area contributed by atoms with E-state index in [4.69, 9.17) is 4.74 Å². The second-order valence-electron chi connectivity index (χ2n) is 7.44. The minimum absolute atomic E-state index is 0.928. The Hall–Kier alpha value is -2.36. The number of nitrogens with zero attached hydrogens (tertiary/aromatic N) is 1. The lowest BCUT2D eigenvalue weighted by Crippen LogP contribution is -2.63. The molecule has 0 spiro atoms. The molecule has 1 fully saturated rings. The third-order valence-corrected chi connectivity index (χ3v) is 11.0. The Balaban J connectivity index is 1.53. The van der Waals surface area contributed by atoms with Gasteiger partial charge in [0.05, 0.1) is 7.11 Å². The molecule has 138 valence electrons. The third kappa shape index (κ3) is 3.85. The largest absolute Gasteiger partial charge is 0.497 e. The molecule has 0 aromatic heterocycles. The Morgan fingerprint density at radius 2 is 1.26 bits per heavy atom. The van der Waals surface area contributed by atoms with Crippen LogP contribution in [0, 0.1) is 0 Å². The molecule has 0 bridgehead atoms. The van der Waals surface area contributed by atoms with Crippen LogP contribution in [0.1, 0.15) is 5.56 Å². The van der Waals surface area contributed by atoms with Crippen LogP contribution in [-0.4, -0.2) is 33.2 Å². The van der Waals surface area contributed by atoms with Crippen LogP contribution in [-0.2, 0) is 6.54 Å². The molecule has 4 rings (SSSR count). The highest BCUT2D eigenvalue weighted by Gasteiger charge is 2.39. The lowest BCUT2D eigenvalue weighted by Gasteiger charge is -2.41. The van der Waals surface area contributed by atoms with Crippen LogP contribution in [0.3, 0.4) is 0 Å². The molecule has 3 aromatic rings. The van der Waals surface area contributed by atoms with Gasteiger partial charge in [-0.2, -0.15) is 0 Å². The summed E-state index contributed by atoms with van der Waals surface area (Å²) in [7, 11) is 0.0490. The molecule has 0 N–H and O–H groups in total. The Morgan fingerprint density at radius 3 is 1.74 bits per heavy atom. The molecule has 1 aliphatic rings. The van der Waals surface area contributed by atoms with Gasteiger partial charge in [0.25, 0.3) is 0 Å². The zero-order valence-corrected chi connectivity index (χ0v) is 17.0. The van der Waals surface area contributed by atoms with Gasteiger partial charge in [-0.25, -0.2) is 0 Å². The number of hydrogen-bond acceptors (Lipinski definition) is 2. The standard InChI is InChI=1S/C24H27NOSi/c1-26-22-14-12-21(13-15-22)20-25-16-18-27(19-17-25,23-8-4-2-5-9-23)24-10-6-3-7-11-24/h2-15H,16-20H2,1H3. The lowest BCUT2D eigenvalue weighted by molar-refractivity contribution is 0.283. The molecule has 0 aliphatic carbocycles. The summed E-state index contributed by atoms with van der Waals surface area (Å²) in [5.41, 5.74) is 1.37. The molecule has 1 saturated heterocycles. The summed E-state index contributed by atoms with van der Waals surface area (Å²) >= 11 is 0. The first-order chi connectivity index (χ1) is 13.3. The first kappa shape index (κ1) is 18.0. The Morgan fingerprint density at radius 1 is 0.741 bits per heavy atom. The number of ether oxygens (including phenoxy) is 1. The summed E-state index contributed by atoms with van der Waals surface area (Å²) in [5.74, 6) is 0.928. The van der Waals surface area contributed by atoms with Crippen LogP contribution in [0.15, 0.2) is 84.9 Å². The van der Waals surface area contributed by atoms with Crippen LogP contribution in [0.2, 0.25) is 12.1 Å². The Kier molecular flexibility index (Phi) is 5.42. The van der Waals surface area contributed by atoms with E-state index in [1.165, 1.54) is 30.7 Å². The Bertz CT molecular complexity index is 799. The summed E-state index contributed by atoms with van der Waals surface area (Å²) in [6.45, 7) is 3.36. The molecule has 1 heterocycles. The van der Waals surface area contributed by atoms with Gasteiger partial charge in [-0.05, 0) is 42.9 Å². The lowest BCUT2D eigenvalue weighted by atomic mass is 10.2. The van der Waals surface area contributed by atoms with Gasteiger partial charge in [-0.3, -0.25) is 4.90 Å². The zero-order chi connectivity index (χ0) is 18.5. The summed E-state index contributed by atoms with van der Waals surface area (Å²) in [6.07, 6.45) is 0. The highest BCUT2D eigenvalue weighted by Crippen LogP contribution is 2.24. The molecule has 0 atom stereocenters. The van der Waals surface area contributed by atoms with E-state index in [1.54, 1.807) is 17.5 Å². The van der Waals surface area contributed by atoms with Crippen molar-refractivity contribution >= 4 is 18.4 Å². The average molecular weight is 374 g/mol. The molecule has 27 heavy (non-hydrogen) atoms. The topological polar surface area (TPSA) is 12.5 Å². The van der Waals surface area contributed by atoms with Crippen molar-refractivity contribution in [3.8, 4) is 5.75 Å². The minimum atomic E-state index is -1.67. The molecular weight excluding hydrogens is 346 g/mol. The van der Waals surface area contributed by atoms with Gasteiger partial charge in [-0.15, -0.1) is 0 Å². The number of methoxy groups -OCH3 is 1. The van der Waals surface area contributed by atoms with Gasteiger partial charge in [0.15, 0.2) is 0 Å². The van der Waals surface area contributed by atoms with E-state index >= 15 is 0 Å². The molecule has 3 aromatic carbocycles. The SMILES string of the molecule is COc1ccc(CN2CC[Si](c3ccccc3)(c3ccccc3)CC2)cc1. The second-order valence-corrected chi connectivity index (χ2v) is 11.8. The van der Waals surface area contributed by atoms with Gasteiger partial charge in [0, 0.05) is 6.54 Å². The predicted molar refractivity (Wildman–Crippen MR) is 116 cm³/mol. The van der Waals surface area contributed by atoms with Crippen LogP contribution < -0.4 is 15.1 Å². The zero-order valence-electron chi connectivity index (χ0n) is 16.0. The second kappa shape index (κ2) is 8.11. The Labute approximate surface area is 163 Å². The number of rotatable bonds is 5. The van der Waals surface area contributed by atoms with E-state index in [0.717, 1.165) is 12.3 Å². The molecule has 0 radical (unpaired) electrons. The first-order valence-corrected chi connectivity index (χ1v) is 12.2. The minimum Gasteiger partial charge on any atom is -0.497 e. The van der Waals surface area contributed by atoms with Gasteiger partial charge in [0.2, 0.25) is 0 Å². The summed E-state index contributed by atoms with van der Waals surface area (Å²) in [5, 5.41) is 3.17.